The van der Waals surface area contributed by atoms with Gasteiger partial charge in [0, 0.05) is 30.6 Å². The fraction of sp³-hybridized carbons (Fsp3) is 0.938. The number of rotatable bonds is 9. The number of hydrogen-bond donors (Lipinski definition) is 9. The summed E-state index contributed by atoms with van der Waals surface area (Å²) in [6, 6.07) is -0.359. The molecular formula is C48H75N3O18. The SMILES string of the molecule is C[C@@H]1CC[C@@]2(OC1)O[C@H]1C[C@H]3[C@@H]4CC(=O)[C@@]5(O)C[C@@H](n6cc(CO[C@@H]7O[C@H](CO)[C@@H](O[C@@H]8O[C@@H](C)[C@H](O)[C@@H](O)[C@H]8O)[C@H](O)[C@H]7O[C@@H]7O[C@@H](C)[C@H](O)[C@@H](O)[C@H]7O)nn6)CC[C@]5(C)[C@H]4CC[C@]3(C)[C@H]1[C@@H]2C. The average molecular weight is 982 g/mol. The molecule has 4 saturated carbocycles. The molecule has 9 fully saturated rings. The Kier molecular flexibility index (Phi) is 13.6. The van der Waals surface area contributed by atoms with Crippen molar-refractivity contribution >= 4 is 5.78 Å². The molecule has 9 N–H and O–H groups in total. The Morgan fingerprint density at radius 1 is 0.783 bits per heavy atom. The van der Waals surface area contributed by atoms with Gasteiger partial charge in [0.25, 0.3) is 0 Å². The van der Waals surface area contributed by atoms with E-state index in [2.05, 4.69) is 38.0 Å². The van der Waals surface area contributed by atoms with Gasteiger partial charge in [-0.25, -0.2) is 4.68 Å². The van der Waals surface area contributed by atoms with E-state index in [9.17, 15) is 50.8 Å². The summed E-state index contributed by atoms with van der Waals surface area (Å²) in [5.74, 6) is 1.15. The fourth-order valence-electron chi connectivity index (χ4n) is 15.0. The lowest BCUT2D eigenvalue weighted by Gasteiger charge is -2.63. The zero-order valence-electron chi connectivity index (χ0n) is 40.4. The van der Waals surface area contributed by atoms with E-state index < -0.39 is 116 Å². The highest BCUT2D eigenvalue weighted by Crippen LogP contribution is 2.72. The minimum absolute atomic E-state index is 0.0165. The Balaban J connectivity index is 0.820. The van der Waals surface area contributed by atoms with E-state index in [4.69, 9.17) is 37.9 Å². The molecule has 10 rings (SSSR count). The van der Waals surface area contributed by atoms with Gasteiger partial charge in [0.15, 0.2) is 30.4 Å². The molecule has 5 aliphatic heterocycles. The third-order valence-corrected chi connectivity index (χ3v) is 19.2. The topological polar surface area (TPSA) is 304 Å². The van der Waals surface area contributed by atoms with Crippen LogP contribution in [0.1, 0.15) is 111 Å². The first-order chi connectivity index (χ1) is 32.6. The molecule has 5 saturated heterocycles. The van der Waals surface area contributed by atoms with Crippen LogP contribution in [0.3, 0.4) is 0 Å². The van der Waals surface area contributed by atoms with Crippen LogP contribution in [0.4, 0.5) is 0 Å². The fourth-order valence-corrected chi connectivity index (χ4v) is 15.0. The largest absolute Gasteiger partial charge is 0.394 e. The van der Waals surface area contributed by atoms with Gasteiger partial charge in [-0.3, -0.25) is 4.79 Å². The van der Waals surface area contributed by atoms with Gasteiger partial charge in [-0.2, -0.15) is 0 Å². The van der Waals surface area contributed by atoms with Crippen LogP contribution in [0.25, 0.3) is 0 Å². The molecule has 21 nitrogen and oxygen atoms in total. The van der Waals surface area contributed by atoms with Crippen molar-refractivity contribution in [1.82, 2.24) is 15.0 Å². The molecule has 1 spiro atoms. The number of aliphatic hydroxyl groups excluding tert-OH is 8. The normalized spacial score (nSPS) is 55.3. The first-order valence-corrected chi connectivity index (χ1v) is 25.4. The molecule has 0 aromatic carbocycles. The first kappa shape index (κ1) is 50.7. The Hall–Kier alpha value is -1.87. The van der Waals surface area contributed by atoms with Crippen LogP contribution in [-0.4, -0.2) is 190 Å². The molecule has 0 bridgehead atoms. The predicted octanol–water partition coefficient (Wildman–Crippen LogP) is -0.420. The van der Waals surface area contributed by atoms with Crippen LogP contribution in [0.15, 0.2) is 6.20 Å². The highest BCUT2D eigenvalue weighted by atomic mass is 16.8. The molecule has 1 aromatic rings. The number of carbonyl (C=O) groups excluding carboxylic acids is 1. The van der Waals surface area contributed by atoms with E-state index in [1.54, 1.807) is 10.9 Å². The molecular weight excluding hydrogens is 907 g/mol. The number of ketones is 1. The van der Waals surface area contributed by atoms with E-state index in [1.807, 2.05) is 0 Å². The minimum Gasteiger partial charge on any atom is -0.394 e. The van der Waals surface area contributed by atoms with Gasteiger partial charge in [0.2, 0.25) is 0 Å². The predicted molar refractivity (Wildman–Crippen MR) is 234 cm³/mol. The number of fused-ring (bicyclic) bond motifs is 7. The molecule has 0 amide bonds. The maximum Gasteiger partial charge on any atom is 0.187 e. The lowest BCUT2D eigenvalue weighted by molar-refractivity contribution is -0.385. The van der Waals surface area contributed by atoms with E-state index >= 15 is 0 Å². The summed E-state index contributed by atoms with van der Waals surface area (Å²) in [6.07, 6.45) is -14.4. The first-order valence-electron chi connectivity index (χ1n) is 25.4. The summed E-state index contributed by atoms with van der Waals surface area (Å²) in [6.45, 7) is 11.7. The van der Waals surface area contributed by atoms with Crippen molar-refractivity contribution < 1.29 is 88.6 Å². The minimum atomic E-state index is -1.79. The van der Waals surface area contributed by atoms with Crippen LogP contribution < -0.4 is 0 Å². The zero-order chi connectivity index (χ0) is 49.3. The van der Waals surface area contributed by atoms with Gasteiger partial charge in [-0.05, 0) is 87.4 Å². The molecule has 0 unspecified atom stereocenters. The van der Waals surface area contributed by atoms with Crippen LogP contribution in [-0.2, 0) is 49.3 Å². The molecule has 9 aliphatic rings. The van der Waals surface area contributed by atoms with Crippen molar-refractivity contribution in [1.29, 1.82) is 0 Å². The van der Waals surface area contributed by atoms with Crippen LogP contribution in [0.2, 0.25) is 0 Å². The smallest absolute Gasteiger partial charge is 0.187 e. The van der Waals surface area contributed by atoms with Gasteiger partial charge in [0.1, 0.15) is 72.3 Å². The number of carbonyl (C=O) groups is 1. The molecule has 69 heavy (non-hydrogen) atoms. The molecule has 6 heterocycles. The number of aliphatic hydroxyl groups is 9. The second-order valence-corrected chi connectivity index (χ2v) is 23.0. The Morgan fingerprint density at radius 2 is 1.45 bits per heavy atom. The highest BCUT2D eigenvalue weighted by molar-refractivity contribution is 5.89. The molecule has 0 radical (unpaired) electrons. The van der Waals surface area contributed by atoms with Crippen molar-refractivity contribution in [2.24, 2.45) is 46.3 Å². The quantitative estimate of drug-likeness (QED) is 0.152. The Labute approximate surface area is 401 Å². The zero-order valence-corrected chi connectivity index (χ0v) is 40.4. The molecule has 390 valence electrons. The van der Waals surface area contributed by atoms with E-state index in [1.165, 1.54) is 13.8 Å². The van der Waals surface area contributed by atoms with Crippen molar-refractivity contribution in [2.75, 3.05) is 13.2 Å². The Morgan fingerprint density at radius 3 is 2.09 bits per heavy atom. The van der Waals surface area contributed by atoms with Crippen LogP contribution in [0.5, 0.6) is 0 Å². The number of hydrogen-bond acceptors (Lipinski definition) is 20. The highest BCUT2D eigenvalue weighted by Gasteiger charge is 2.72. The molecule has 21 heteroatoms. The van der Waals surface area contributed by atoms with Gasteiger partial charge in [-0.15, -0.1) is 5.10 Å². The summed E-state index contributed by atoms with van der Waals surface area (Å²) in [5.41, 5.74) is -1.87. The molecule has 1 aromatic heterocycles. The lowest BCUT2D eigenvalue weighted by atomic mass is 9.42. The van der Waals surface area contributed by atoms with Crippen molar-refractivity contribution in [2.45, 2.75) is 222 Å². The summed E-state index contributed by atoms with van der Waals surface area (Å²) in [5, 5.41) is 107. The van der Waals surface area contributed by atoms with Crippen molar-refractivity contribution in [3.8, 4) is 0 Å². The van der Waals surface area contributed by atoms with Crippen molar-refractivity contribution in [3.05, 3.63) is 11.9 Å². The standard InChI is InChI=1S/C48H75N3O18/c1-20-7-12-48(63-18-20)21(2)32-29(69-48)14-28-26-13-31(53)47(61)15-25(8-11-46(47,6)27(26)9-10-45(28,32)5)51-16-24(49-50-51)19-62-44-41(68-43-38(59)36(57)34(55)23(4)65-43)39(60)40(30(17-52)66-44)67-42-37(58)35(56)33(54)22(3)64-42/h16,20-23,25-30,32-44,52,54-61H,7-15,17-19H2,1-6H3/t20-,21+,22+,23+,25+,26-,27+,28+,29+,30-,32+,33+,34+,35-,36-,37-,38-,39+,40-,41-,42+,43+,44-,45+,46-,47+,48-/m1/s1. The van der Waals surface area contributed by atoms with Gasteiger partial charge >= 0.3 is 0 Å². The number of ether oxygens (including phenoxy) is 8. The van der Waals surface area contributed by atoms with Crippen molar-refractivity contribution in [3.63, 3.8) is 0 Å². The number of aromatic nitrogens is 3. The summed E-state index contributed by atoms with van der Waals surface area (Å²) >= 11 is 0. The third kappa shape index (κ3) is 8.11. The van der Waals surface area contributed by atoms with Crippen LogP contribution >= 0.6 is 0 Å². The van der Waals surface area contributed by atoms with E-state index in [0.717, 1.165) is 38.7 Å². The average Bonchev–Trinajstić information content (AvgIpc) is 4.00. The molecule has 27 atom stereocenters. The summed E-state index contributed by atoms with van der Waals surface area (Å²) in [4.78, 5) is 14.5. The summed E-state index contributed by atoms with van der Waals surface area (Å²) in [7, 11) is 0. The van der Waals surface area contributed by atoms with Crippen LogP contribution in [0, 0.1) is 46.3 Å². The second kappa shape index (κ2) is 18.5. The monoisotopic (exact) mass is 982 g/mol. The van der Waals surface area contributed by atoms with E-state index in [0.29, 0.717) is 42.7 Å². The van der Waals surface area contributed by atoms with Gasteiger partial charge in [0.05, 0.1) is 50.4 Å². The van der Waals surface area contributed by atoms with Gasteiger partial charge < -0.3 is 83.9 Å². The maximum atomic E-state index is 14.5. The van der Waals surface area contributed by atoms with Gasteiger partial charge in [-0.1, -0.05) is 32.9 Å². The third-order valence-electron chi connectivity index (χ3n) is 19.2. The lowest BCUT2D eigenvalue weighted by Crippen LogP contribution is -2.66. The number of Topliss-reactive ketones (excluding diaryl/α,β-unsaturated/α-hetero) is 1. The second-order valence-electron chi connectivity index (χ2n) is 23.0. The maximum absolute atomic E-state index is 14.5. The molecule has 4 aliphatic carbocycles. The number of nitrogens with zero attached hydrogens (tertiary/aromatic N) is 3. The Bertz CT molecular complexity index is 2010. The van der Waals surface area contributed by atoms with E-state index in [-0.39, 0.29) is 54.1 Å². The summed E-state index contributed by atoms with van der Waals surface area (Å²) < 4.78 is 50.5.